The molecule has 0 bridgehead atoms. The molecule has 2 aromatic rings. The predicted molar refractivity (Wildman–Crippen MR) is 96.4 cm³/mol. The fourth-order valence-corrected chi connectivity index (χ4v) is 3.06. The molecule has 0 radical (unpaired) electrons. The van der Waals surface area contributed by atoms with Gasteiger partial charge in [-0.2, -0.15) is 0 Å². The van der Waals surface area contributed by atoms with E-state index in [2.05, 4.69) is 28.4 Å². The molecule has 1 heterocycles. The Hall–Kier alpha value is -2.49. The molecule has 1 amide bonds. The number of para-hydroxylation sites is 1. The van der Waals surface area contributed by atoms with Crippen LogP contribution in [0.3, 0.4) is 0 Å². The maximum Gasteiger partial charge on any atom is 0.246 e. The number of rotatable bonds is 4. The van der Waals surface area contributed by atoms with Crippen LogP contribution in [0.15, 0.2) is 48.5 Å². The Morgan fingerprint density at radius 3 is 2.87 bits per heavy atom. The number of likely N-dealkylation sites (N-methyl/N-ethyl adjacent to an activating group) is 1. The first-order valence-electron chi connectivity index (χ1n) is 8.06. The van der Waals surface area contributed by atoms with Crippen molar-refractivity contribution in [3.63, 3.8) is 0 Å². The number of benzene rings is 2. The van der Waals surface area contributed by atoms with Crippen molar-refractivity contribution in [3.05, 3.63) is 54.1 Å². The lowest BCUT2D eigenvalue weighted by molar-refractivity contribution is -0.117. The highest BCUT2D eigenvalue weighted by atomic mass is 16.2. The van der Waals surface area contributed by atoms with Gasteiger partial charge in [-0.3, -0.25) is 4.79 Å². The van der Waals surface area contributed by atoms with E-state index in [0.717, 1.165) is 30.8 Å². The Kier molecular flexibility index (Phi) is 4.51. The summed E-state index contributed by atoms with van der Waals surface area (Å²) in [6.45, 7) is 1.35. The van der Waals surface area contributed by atoms with Crippen molar-refractivity contribution in [1.82, 2.24) is 0 Å². The average Bonchev–Trinajstić information content (AvgIpc) is 2.61. The fourth-order valence-electron chi connectivity index (χ4n) is 3.06. The van der Waals surface area contributed by atoms with Gasteiger partial charge in [-0.1, -0.05) is 24.3 Å². The molecule has 1 aliphatic rings. The SMILES string of the molecule is CNc1cccc(N(C)C(=O)CN2CCCc3ccccc32)c1. The molecule has 1 N–H and O–H groups in total. The van der Waals surface area contributed by atoms with Gasteiger partial charge in [0.25, 0.3) is 0 Å². The van der Waals surface area contributed by atoms with Crippen LogP contribution in [0.2, 0.25) is 0 Å². The van der Waals surface area contributed by atoms with Crippen molar-refractivity contribution in [3.8, 4) is 0 Å². The molecule has 120 valence electrons. The fraction of sp³-hybridized carbons (Fsp3) is 0.316. The zero-order chi connectivity index (χ0) is 16.2. The topological polar surface area (TPSA) is 35.6 Å². The van der Waals surface area contributed by atoms with Gasteiger partial charge in [-0.25, -0.2) is 0 Å². The lowest BCUT2D eigenvalue weighted by Crippen LogP contribution is -2.40. The third-order valence-electron chi connectivity index (χ3n) is 4.43. The summed E-state index contributed by atoms with van der Waals surface area (Å²) in [4.78, 5) is 16.6. The zero-order valence-electron chi connectivity index (χ0n) is 13.7. The van der Waals surface area contributed by atoms with E-state index in [-0.39, 0.29) is 5.91 Å². The summed E-state index contributed by atoms with van der Waals surface area (Å²) in [5, 5.41) is 3.11. The van der Waals surface area contributed by atoms with E-state index in [0.29, 0.717) is 6.54 Å². The Labute approximate surface area is 137 Å². The lowest BCUT2D eigenvalue weighted by atomic mass is 10.0. The van der Waals surface area contributed by atoms with Gasteiger partial charge in [0.05, 0.1) is 6.54 Å². The number of carbonyl (C=O) groups is 1. The number of aryl methyl sites for hydroxylation is 1. The second-order valence-corrected chi connectivity index (χ2v) is 5.91. The van der Waals surface area contributed by atoms with Crippen molar-refractivity contribution < 1.29 is 4.79 Å². The Morgan fingerprint density at radius 2 is 2.04 bits per heavy atom. The largest absolute Gasteiger partial charge is 0.388 e. The van der Waals surface area contributed by atoms with E-state index in [4.69, 9.17) is 0 Å². The second-order valence-electron chi connectivity index (χ2n) is 5.91. The molecular formula is C19H23N3O. The van der Waals surface area contributed by atoms with E-state index >= 15 is 0 Å². The smallest absolute Gasteiger partial charge is 0.246 e. The van der Waals surface area contributed by atoms with Crippen LogP contribution in [-0.4, -0.2) is 33.1 Å². The molecule has 2 aromatic carbocycles. The number of hydrogen-bond donors (Lipinski definition) is 1. The number of amides is 1. The van der Waals surface area contributed by atoms with Crippen LogP contribution in [0.25, 0.3) is 0 Å². The molecule has 1 aliphatic heterocycles. The number of carbonyl (C=O) groups excluding carboxylic acids is 1. The highest BCUT2D eigenvalue weighted by Gasteiger charge is 2.21. The predicted octanol–water partition coefficient (Wildman–Crippen LogP) is 3.14. The molecule has 4 nitrogen and oxygen atoms in total. The summed E-state index contributed by atoms with van der Waals surface area (Å²) in [5.41, 5.74) is 4.45. The van der Waals surface area contributed by atoms with Gasteiger partial charge in [0, 0.05) is 37.7 Å². The molecular weight excluding hydrogens is 286 g/mol. The van der Waals surface area contributed by atoms with Gasteiger partial charge < -0.3 is 15.1 Å². The van der Waals surface area contributed by atoms with Gasteiger partial charge >= 0.3 is 0 Å². The van der Waals surface area contributed by atoms with E-state index in [1.165, 1.54) is 11.3 Å². The van der Waals surface area contributed by atoms with E-state index < -0.39 is 0 Å². The van der Waals surface area contributed by atoms with Crippen LogP contribution in [0.1, 0.15) is 12.0 Å². The van der Waals surface area contributed by atoms with Crippen molar-refractivity contribution in [2.75, 3.05) is 42.3 Å². The van der Waals surface area contributed by atoms with Gasteiger partial charge in [-0.15, -0.1) is 0 Å². The number of nitrogens with zero attached hydrogens (tertiary/aromatic N) is 2. The second kappa shape index (κ2) is 6.73. The monoisotopic (exact) mass is 309 g/mol. The number of hydrogen-bond acceptors (Lipinski definition) is 3. The van der Waals surface area contributed by atoms with Gasteiger partial charge in [0.1, 0.15) is 0 Å². The summed E-state index contributed by atoms with van der Waals surface area (Å²) in [6.07, 6.45) is 2.20. The molecule has 3 rings (SSSR count). The van der Waals surface area contributed by atoms with Crippen LogP contribution < -0.4 is 15.1 Å². The first-order chi connectivity index (χ1) is 11.2. The van der Waals surface area contributed by atoms with Crippen molar-refractivity contribution >= 4 is 23.0 Å². The molecule has 23 heavy (non-hydrogen) atoms. The van der Waals surface area contributed by atoms with Crippen LogP contribution >= 0.6 is 0 Å². The maximum absolute atomic E-state index is 12.7. The molecule has 0 fully saturated rings. The Morgan fingerprint density at radius 1 is 1.22 bits per heavy atom. The first kappa shape index (κ1) is 15.4. The molecule has 0 atom stereocenters. The quantitative estimate of drug-likeness (QED) is 0.942. The zero-order valence-corrected chi connectivity index (χ0v) is 13.7. The van der Waals surface area contributed by atoms with Crippen LogP contribution in [-0.2, 0) is 11.2 Å². The standard InChI is InChI=1S/C19H23N3O/c1-20-16-9-5-10-17(13-16)21(2)19(23)14-22-12-6-8-15-7-3-4-11-18(15)22/h3-5,7,9-11,13,20H,6,8,12,14H2,1-2H3. The van der Waals surface area contributed by atoms with Crippen molar-refractivity contribution in [1.29, 1.82) is 0 Å². The van der Waals surface area contributed by atoms with Gasteiger partial charge in [0.15, 0.2) is 0 Å². The normalized spacial score (nSPS) is 13.4. The third kappa shape index (κ3) is 3.31. The highest BCUT2D eigenvalue weighted by Crippen LogP contribution is 2.27. The van der Waals surface area contributed by atoms with Crippen LogP contribution in [0.4, 0.5) is 17.1 Å². The van der Waals surface area contributed by atoms with Gasteiger partial charge in [-0.05, 0) is 42.7 Å². The van der Waals surface area contributed by atoms with Crippen LogP contribution in [0, 0.1) is 0 Å². The van der Waals surface area contributed by atoms with Crippen LogP contribution in [0.5, 0.6) is 0 Å². The van der Waals surface area contributed by atoms with Crippen molar-refractivity contribution in [2.45, 2.75) is 12.8 Å². The Bertz CT molecular complexity index is 699. The molecule has 0 spiro atoms. The molecule has 0 saturated carbocycles. The molecule has 0 aromatic heterocycles. The molecule has 0 aliphatic carbocycles. The van der Waals surface area contributed by atoms with E-state index in [1.807, 2.05) is 44.4 Å². The minimum absolute atomic E-state index is 0.106. The number of anilines is 3. The lowest BCUT2D eigenvalue weighted by Gasteiger charge is -2.32. The van der Waals surface area contributed by atoms with E-state index in [1.54, 1.807) is 4.90 Å². The minimum Gasteiger partial charge on any atom is -0.388 e. The summed E-state index contributed by atoms with van der Waals surface area (Å²) in [7, 11) is 3.72. The first-order valence-corrected chi connectivity index (χ1v) is 8.06. The molecule has 4 heteroatoms. The summed E-state index contributed by atoms with van der Waals surface area (Å²) in [6, 6.07) is 16.3. The molecule has 0 saturated heterocycles. The average molecular weight is 309 g/mol. The summed E-state index contributed by atoms with van der Waals surface area (Å²) >= 11 is 0. The molecule has 0 unspecified atom stereocenters. The number of nitrogens with one attached hydrogen (secondary N) is 1. The van der Waals surface area contributed by atoms with E-state index in [9.17, 15) is 4.79 Å². The van der Waals surface area contributed by atoms with Gasteiger partial charge in [0.2, 0.25) is 5.91 Å². The highest BCUT2D eigenvalue weighted by molar-refractivity contribution is 5.96. The number of fused-ring (bicyclic) bond motifs is 1. The van der Waals surface area contributed by atoms with Crippen molar-refractivity contribution in [2.24, 2.45) is 0 Å². The Balaban J connectivity index is 1.74. The third-order valence-corrected chi connectivity index (χ3v) is 4.43. The minimum atomic E-state index is 0.106. The maximum atomic E-state index is 12.7. The summed E-state index contributed by atoms with van der Waals surface area (Å²) < 4.78 is 0. The summed E-state index contributed by atoms with van der Waals surface area (Å²) in [5.74, 6) is 0.106.